The minimum absolute atomic E-state index is 0.149. The molecule has 0 radical (unpaired) electrons. The number of carbonyl (C=O) groups is 1. The van der Waals surface area contributed by atoms with Gasteiger partial charge in [-0.15, -0.1) is 0 Å². The fourth-order valence-corrected chi connectivity index (χ4v) is 3.87. The molecule has 0 saturated carbocycles. The topological polar surface area (TPSA) is 50.4 Å². The second kappa shape index (κ2) is 8.72. The normalized spacial score (nSPS) is 18.8. The summed E-state index contributed by atoms with van der Waals surface area (Å²) in [5.74, 6) is 0.216. The van der Waals surface area contributed by atoms with Crippen molar-refractivity contribution in [1.29, 1.82) is 0 Å². The molecule has 0 aliphatic carbocycles. The van der Waals surface area contributed by atoms with Crippen LogP contribution in [0, 0.1) is 0 Å². The number of rotatable bonds is 5. The summed E-state index contributed by atoms with van der Waals surface area (Å²) in [7, 11) is 0. The molecule has 4 nitrogen and oxygen atoms in total. The van der Waals surface area contributed by atoms with Crippen LogP contribution in [0.25, 0.3) is 0 Å². The maximum absolute atomic E-state index is 12.2. The molecule has 2 N–H and O–H groups in total. The molecule has 0 aromatic heterocycles. The maximum atomic E-state index is 12.2. The van der Waals surface area contributed by atoms with Crippen LogP contribution in [-0.4, -0.2) is 24.8 Å². The van der Waals surface area contributed by atoms with E-state index in [1.165, 1.54) is 11.1 Å². The second-order valence-corrected chi connectivity index (χ2v) is 7.07. The quantitative estimate of drug-likeness (QED) is 0.676. The van der Waals surface area contributed by atoms with Gasteiger partial charge >= 0.3 is 6.09 Å². The molecule has 1 saturated heterocycles. The largest absolute Gasteiger partial charge is 0.445 e. The van der Waals surface area contributed by atoms with E-state index < -0.39 is 6.09 Å². The Morgan fingerprint density at radius 3 is 1.96 bits per heavy atom. The van der Waals surface area contributed by atoms with Gasteiger partial charge in [0.1, 0.15) is 6.10 Å². The monoisotopic (exact) mass is 372 g/mol. The maximum Gasteiger partial charge on any atom is 0.411 e. The zero-order chi connectivity index (χ0) is 19.2. The first-order valence-electron chi connectivity index (χ1n) is 9.65. The zero-order valence-corrected chi connectivity index (χ0v) is 15.6. The van der Waals surface area contributed by atoms with Crippen LogP contribution in [0.1, 0.15) is 23.5 Å². The lowest BCUT2D eigenvalue weighted by Crippen LogP contribution is -2.29. The molecule has 2 unspecified atom stereocenters. The highest BCUT2D eigenvalue weighted by molar-refractivity contribution is 5.84. The van der Waals surface area contributed by atoms with Crippen LogP contribution in [0.4, 0.5) is 10.5 Å². The van der Waals surface area contributed by atoms with Crippen LogP contribution in [0.5, 0.6) is 0 Å². The summed E-state index contributed by atoms with van der Waals surface area (Å²) in [6.45, 7) is 0.656. The Balaban J connectivity index is 1.44. The molecular weight excluding hydrogens is 348 g/mol. The van der Waals surface area contributed by atoms with Gasteiger partial charge < -0.3 is 10.1 Å². The Kier molecular flexibility index (Phi) is 5.69. The van der Waals surface area contributed by atoms with Crippen molar-refractivity contribution in [3.8, 4) is 0 Å². The van der Waals surface area contributed by atoms with E-state index in [1.807, 2.05) is 42.5 Å². The molecule has 1 fully saturated rings. The minimum Gasteiger partial charge on any atom is -0.445 e. The molecule has 1 aliphatic rings. The average molecular weight is 372 g/mol. The third-order valence-corrected chi connectivity index (χ3v) is 5.14. The van der Waals surface area contributed by atoms with Crippen molar-refractivity contribution in [3.05, 3.63) is 102 Å². The highest BCUT2D eigenvalue weighted by atomic mass is 16.6. The van der Waals surface area contributed by atoms with Gasteiger partial charge in [0, 0.05) is 30.6 Å². The molecule has 28 heavy (non-hydrogen) atoms. The van der Waals surface area contributed by atoms with Gasteiger partial charge in [0.2, 0.25) is 0 Å². The molecule has 142 valence electrons. The summed E-state index contributed by atoms with van der Waals surface area (Å²) < 4.78 is 5.65. The minimum atomic E-state index is -0.408. The number of ether oxygens (including phenoxy) is 1. The van der Waals surface area contributed by atoms with Gasteiger partial charge in [-0.25, -0.2) is 4.79 Å². The Morgan fingerprint density at radius 2 is 1.39 bits per heavy atom. The number of anilines is 1. The summed E-state index contributed by atoms with van der Waals surface area (Å²) >= 11 is 0. The summed E-state index contributed by atoms with van der Waals surface area (Å²) in [6.07, 6.45) is 0.217. The number of benzene rings is 3. The van der Waals surface area contributed by atoms with E-state index in [-0.39, 0.29) is 18.1 Å². The number of hydrogen-bond donors (Lipinski definition) is 2. The predicted molar refractivity (Wildman–Crippen MR) is 111 cm³/mol. The molecule has 4 heteroatoms. The van der Waals surface area contributed by atoms with Crippen molar-refractivity contribution in [2.75, 3.05) is 11.9 Å². The first kappa shape index (κ1) is 18.3. The SMILES string of the molecule is O=C(Nc1ccccc1)OC1CNC(C(c2ccccc2)c2ccccc2)C1. The molecule has 3 aromatic rings. The van der Waals surface area contributed by atoms with E-state index in [0.717, 1.165) is 12.1 Å². The van der Waals surface area contributed by atoms with Crippen molar-refractivity contribution in [2.45, 2.75) is 24.5 Å². The van der Waals surface area contributed by atoms with Gasteiger partial charge in [-0.1, -0.05) is 78.9 Å². The van der Waals surface area contributed by atoms with Gasteiger partial charge in [-0.05, 0) is 23.3 Å². The van der Waals surface area contributed by atoms with E-state index >= 15 is 0 Å². The molecule has 1 aliphatic heterocycles. The number of nitrogens with one attached hydrogen (secondary N) is 2. The number of carbonyl (C=O) groups excluding carboxylic acids is 1. The lowest BCUT2D eigenvalue weighted by Gasteiger charge is -2.25. The molecule has 3 aromatic carbocycles. The zero-order valence-electron chi connectivity index (χ0n) is 15.6. The smallest absolute Gasteiger partial charge is 0.411 e. The lowest BCUT2D eigenvalue weighted by molar-refractivity contribution is 0.119. The van der Waals surface area contributed by atoms with Crippen molar-refractivity contribution >= 4 is 11.8 Å². The van der Waals surface area contributed by atoms with Gasteiger partial charge in [-0.3, -0.25) is 5.32 Å². The van der Waals surface area contributed by atoms with Crippen LogP contribution in [0.2, 0.25) is 0 Å². The first-order valence-corrected chi connectivity index (χ1v) is 9.65. The van der Waals surface area contributed by atoms with Crippen molar-refractivity contribution in [3.63, 3.8) is 0 Å². The average Bonchev–Trinajstić information content (AvgIpc) is 3.18. The molecule has 0 spiro atoms. The van der Waals surface area contributed by atoms with E-state index in [9.17, 15) is 4.79 Å². The molecule has 1 amide bonds. The Morgan fingerprint density at radius 1 is 0.857 bits per heavy atom. The Bertz CT molecular complexity index is 845. The van der Waals surface area contributed by atoms with Gasteiger partial charge in [-0.2, -0.15) is 0 Å². The molecular formula is C24H24N2O2. The lowest BCUT2D eigenvalue weighted by atomic mass is 9.84. The molecule has 0 bridgehead atoms. The number of amides is 1. The first-order chi connectivity index (χ1) is 13.8. The molecule has 1 heterocycles. The Labute approximate surface area is 165 Å². The van der Waals surface area contributed by atoms with Gasteiger partial charge in [0.25, 0.3) is 0 Å². The van der Waals surface area contributed by atoms with Crippen molar-refractivity contribution in [2.24, 2.45) is 0 Å². The fraction of sp³-hybridized carbons (Fsp3) is 0.208. The summed E-state index contributed by atoms with van der Waals surface area (Å²) in [5.41, 5.74) is 3.27. The summed E-state index contributed by atoms with van der Waals surface area (Å²) in [6, 6.07) is 30.6. The van der Waals surface area contributed by atoms with E-state index in [1.54, 1.807) is 0 Å². The summed E-state index contributed by atoms with van der Waals surface area (Å²) in [5, 5.41) is 6.36. The van der Waals surface area contributed by atoms with E-state index in [4.69, 9.17) is 4.74 Å². The van der Waals surface area contributed by atoms with Gasteiger partial charge in [0.05, 0.1) is 0 Å². The predicted octanol–water partition coefficient (Wildman–Crippen LogP) is 4.80. The number of para-hydroxylation sites is 1. The summed E-state index contributed by atoms with van der Waals surface area (Å²) in [4.78, 5) is 12.2. The van der Waals surface area contributed by atoms with Crippen molar-refractivity contribution < 1.29 is 9.53 Å². The van der Waals surface area contributed by atoms with Crippen LogP contribution in [-0.2, 0) is 4.74 Å². The van der Waals surface area contributed by atoms with Crippen molar-refractivity contribution in [1.82, 2.24) is 5.32 Å². The van der Waals surface area contributed by atoms with E-state index in [0.29, 0.717) is 6.54 Å². The van der Waals surface area contributed by atoms with E-state index in [2.05, 4.69) is 59.2 Å². The van der Waals surface area contributed by atoms with Crippen LogP contribution >= 0.6 is 0 Å². The van der Waals surface area contributed by atoms with Crippen LogP contribution in [0.3, 0.4) is 0 Å². The molecule has 2 atom stereocenters. The standard InChI is InChI=1S/C24H24N2O2/c27-24(26-20-14-8-3-9-15-20)28-21-16-22(25-17-21)23(18-10-4-1-5-11-18)19-12-6-2-7-13-19/h1-15,21-23,25H,16-17H2,(H,26,27). The highest BCUT2D eigenvalue weighted by Gasteiger charge is 2.34. The van der Waals surface area contributed by atoms with Gasteiger partial charge in [0.15, 0.2) is 0 Å². The number of hydrogen-bond acceptors (Lipinski definition) is 3. The highest BCUT2D eigenvalue weighted by Crippen LogP contribution is 2.32. The fourth-order valence-electron chi connectivity index (χ4n) is 3.87. The second-order valence-electron chi connectivity index (χ2n) is 7.07. The van der Waals surface area contributed by atoms with Crippen LogP contribution in [0.15, 0.2) is 91.0 Å². The van der Waals surface area contributed by atoms with Crippen LogP contribution < -0.4 is 10.6 Å². The Hall–Kier alpha value is -3.11. The third-order valence-electron chi connectivity index (χ3n) is 5.14. The third kappa shape index (κ3) is 4.41. The molecule has 4 rings (SSSR count).